The lowest BCUT2D eigenvalue weighted by Gasteiger charge is -2.22. The molecule has 1 aliphatic heterocycles. The summed E-state index contributed by atoms with van der Waals surface area (Å²) in [6.07, 6.45) is 2.19. The van der Waals surface area contributed by atoms with Gasteiger partial charge in [0.25, 0.3) is 5.91 Å². The molecule has 2 fully saturated rings. The van der Waals surface area contributed by atoms with E-state index in [1.807, 2.05) is 18.2 Å². The van der Waals surface area contributed by atoms with Crippen molar-refractivity contribution in [3.05, 3.63) is 83.4 Å². The van der Waals surface area contributed by atoms with Crippen LogP contribution in [0, 0.1) is 11.7 Å². The number of carbonyl (C=O) groups is 2. The van der Waals surface area contributed by atoms with Gasteiger partial charge in [0.05, 0.1) is 6.08 Å². The maximum atomic E-state index is 13.3. The van der Waals surface area contributed by atoms with Crippen LogP contribution in [0.15, 0.2) is 66.4 Å². The minimum Gasteiger partial charge on any atom is -0.445 e. The quantitative estimate of drug-likeness (QED) is 0.531. The average molecular weight is 409 g/mol. The summed E-state index contributed by atoms with van der Waals surface area (Å²) in [5.41, 5.74) is 2.08. The summed E-state index contributed by atoms with van der Waals surface area (Å²) in [5.74, 6) is -1.73. The lowest BCUT2D eigenvalue weighted by atomic mass is 10.1. The van der Waals surface area contributed by atoms with Crippen molar-refractivity contribution in [1.82, 2.24) is 4.90 Å². The van der Waals surface area contributed by atoms with Crippen LogP contribution >= 0.6 is 0 Å². The van der Waals surface area contributed by atoms with Crippen molar-refractivity contribution in [2.24, 2.45) is 5.92 Å². The van der Waals surface area contributed by atoms with Crippen LogP contribution in [0.3, 0.4) is 0 Å². The number of carbonyl (C=O) groups excluding carboxylic acids is 2. The molecule has 1 aliphatic carbocycles. The zero-order valence-corrected chi connectivity index (χ0v) is 17.0. The molecular formula is C24H24FNO4. The Morgan fingerprint density at radius 2 is 1.83 bits per heavy atom. The topological polar surface area (TPSA) is 55.8 Å². The van der Waals surface area contributed by atoms with Crippen molar-refractivity contribution in [3.8, 4) is 0 Å². The summed E-state index contributed by atoms with van der Waals surface area (Å²) in [6, 6.07) is 16.3. The molecule has 0 spiro atoms. The van der Waals surface area contributed by atoms with Crippen LogP contribution in [0.2, 0.25) is 0 Å². The third kappa shape index (κ3) is 4.70. The van der Waals surface area contributed by atoms with Crippen LogP contribution in [0.1, 0.15) is 37.3 Å². The fourth-order valence-corrected chi connectivity index (χ4v) is 3.78. The molecule has 0 bridgehead atoms. The monoisotopic (exact) mass is 409 g/mol. The number of benzene rings is 2. The van der Waals surface area contributed by atoms with E-state index in [1.54, 1.807) is 30.9 Å². The van der Waals surface area contributed by atoms with E-state index >= 15 is 0 Å². The van der Waals surface area contributed by atoms with E-state index in [0.29, 0.717) is 24.9 Å². The molecule has 156 valence electrons. The van der Waals surface area contributed by atoms with E-state index in [9.17, 15) is 14.0 Å². The average Bonchev–Trinajstić information content (AvgIpc) is 3.42. The fourth-order valence-electron chi connectivity index (χ4n) is 3.78. The maximum Gasteiger partial charge on any atom is 0.377 e. The van der Waals surface area contributed by atoms with E-state index in [2.05, 4.69) is 12.1 Å². The second-order valence-corrected chi connectivity index (χ2v) is 8.26. The minimum absolute atomic E-state index is 0.0930. The normalized spacial score (nSPS) is 23.0. The highest BCUT2D eigenvalue weighted by molar-refractivity contribution is 5.98. The molecule has 2 aromatic carbocycles. The summed E-state index contributed by atoms with van der Waals surface area (Å²) in [7, 11) is 0. The van der Waals surface area contributed by atoms with Crippen LogP contribution in [0.4, 0.5) is 4.39 Å². The molecule has 4 rings (SSSR count). The van der Waals surface area contributed by atoms with E-state index in [1.165, 1.54) is 23.8 Å². The number of amides is 1. The van der Waals surface area contributed by atoms with Crippen molar-refractivity contribution in [1.29, 1.82) is 0 Å². The number of ether oxygens (including phenoxy) is 2. The molecule has 5 nitrogen and oxygen atoms in total. The van der Waals surface area contributed by atoms with Gasteiger partial charge in [-0.05, 0) is 41.5 Å². The summed E-state index contributed by atoms with van der Waals surface area (Å²) in [6.45, 7) is 4.08. The summed E-state index contributed by atoms with van der Waals surface area (Å²) >= 11 is 0. The molecule has 30 heavy (non-hydrogen) atoms. The molecule has 0 radical (unpaired) electrons. The van der Waals surface area contributed by atoms with Crippen molar-refractivity contribution >= 4 is 11.9 Å². The molecule has 1 amide bonds. The van der Waals surface area contributed by atoms with E-state index in [-0.39, 0.29) is 17.5 Å². The molecule has 0 aromatic heterocycles. The highest BCUT2D eigenvalue weighted by atomic mass is 19.1. The largest absolute Gasteiger partial charge is 0.445 e. The Hall–Kier alpha value is -3.15. The summed E-state index contributed by atoms with van der Waals surface area (Å²) in [5, 5.41) is 0. The molecule has 6 heteroatoms. The summed E-state index contributed by atoms with van der Waals surface area (Å²) in [4.78, 5) is 26.7. The third-order valence-electron chi connectivity index (χ3n) is 5.35. The molecule has 2 aliphatic rings. The Morgan fingerprint density at radius 3 is 2.47 bits per heavy atom. The second kappa shape index (κ2) is 7.94. The Bertz CT molecular complexity index is 968. The summed E-state index contributed by atoms with van der Waals surface area (Å²) < 4.78 is 23.8. The predicted octanol–water partition coefficient (Wildman–Crippen LogP) is 4.15. The van der Waals surface area contributed by atoms with Crippen LogP contribution in [-0.2, 0) is 25.6 Å². The first-order valence-electron chi connectivity index (χ1n) is 10.0. The number of rotatable bonds is 6. The lowest BCUT2D eigenvalue weighted by Crippen LogP contribution is -2.32. The maximum absolute atomic E-state index is 13.3. The lowest BCUT2D eigenvalue weighted by molar-refractivity contribution is -0.159. The standard InChI is InChI=1S/C24H24FNO4/c1-24(2)29-21(23(28)30-24)13-22(27)26(14-16-8-10-19(25)11-9-16)15-18-12-20(18)17-6-4-3-5-7-17/h3-11,13,18,20H,12,14-15H2,1-2H3/b21-13-. The van der Waals surface area contributed by atoms with Gasteiger partial charge in [-0.3, -0.25) is 4.79 Å². The van der Waals surface area contributed by atoms with Crippen LogP contribution in [0.25, 0.3) is 0 Å². The molecule has 2 unspecified atom stereocenters. The van der Waals surface area contributed by atoms with Gasteiger partial charge in [0.1, 0.15) is 5.82 Å². The molecule has 0 N–H and O–H groups in total. The first-order valence-corrected chi connectivity index (χ1v) is 10.0. The molecule has 2 atom stereocenters. The van der Waals surface area contributed by atoms with Gasteiger partial charge in [-0.15, -0.1) is 0 Å². The number of esters is 1. The molecular weight excluding hydrogens is 385 g/mol. The van der Waals surface area contributed by atoms with Gasteiger partial charge in [-0.1, -0.05) is 42.5 Å². The Kier molecular flexibility index (Phi) is 5.33. The zero-order chi connectivity index (χ0) is 21.3. The van der Waals surface area contributed by atoms with E-state index < -0.39 is 11.8 Å². The third-order valence-corrected chi connectivity index (χ3v) is 5.35. The second-order valence-electron chi connectivity index (χ2n) is 8.26. The van der Waals surface area contributed by atoms with Crippen molar-refractivity contribution in [3.63, 3.8) is 0 Å². The number of hydrogen-bond acceptors (Lipinski definition) is 4. The van der Waals surface area contributed by atoms with Gasteiger partial charge in [-0.2, -0.15) is 0 Å². The Balaban J connectivity index is 1.51. The first-order chi connectivity index (χ1) is 14.3. The molecule has 1 saturated heterocycles. The van der Waals surface area contributed by atoms with Crippen molar-refractivity contribution < 1.29 is 23.5 Å². The molecule has 1 saturated carbocycles. The SMILES string of the molecule is CC1(C)OC(=O)/C(=C/C(=O)N(Cc2ccc(F)cc2)CC2CC2c2ccccc2)O1. The van der Waals surface area contributed by atoms with Gasteiger partial charge in [0.15, 0.2) is 0 Å². The highest BCUT2D eigenvalue weighted by Crippen LogP contribution is 2.47. The van der Waals surface area contributed by atoms with Gasteiger partial charge in [-0.25, -0.2) is 9.18 Å². The van der Waals surface area contributed by atoms with Crippen LogP contribution < -0.4 is 0 Å². The first kappa shape index (κ1) is 20.1. The Morgan fingerprint density at radius 1 is 1.13 bits per heavy atom. The van der Waals surface area contributed by atoms with E-state index in [4.69, 9.17) is 9.47 Å². The predicted molar refractivity (Wildman–Crippen MR) is 108 cm³/mol. The number of halogens is 1. The van der Waals surface area contributed by atoms with Crippen molar-refractivity contribution in [2.75, 3.05) is 6.54 Å². The molecule has 1 heterocycles. The highest BCUT2D eigenvalue weighted by Gasteiger charge is 2.41. The number of nitrogens with zero attached hydrogens (tertiary/aromatic N) is 1. The number of hydrogen-bond donors (Lipinski definition) is 0. The van der Waals surface area contributed by atoms with Gasteiger partial charge >= 0.3 is 5.97 Å². The smallest absolute Gasteiger partial charge is 0.377 e. The van der Waals surface area contributed by atoms with Crippen LogP contribution in [-0.4, -0.2) is 29.1 Å². The Labute approximate surface area is 175 Å². The van der Waals surface area contributed by atoms with Crippen molar-refractivity contribution in [2.45, 2.75) is 38.5 Å². The zero-order valence-electron chi connectivity index (χ0n) is 17.0. The van der Waals surface area contributed by atoms with Crippen LogP contribution in [0.5, 0.6) is 0 Å². The number of cyclic esters (lactones) is 1. The van der Waals surface area contributed by atoms with Gasteiger partial charge < -0.3 is 14.4 Å². The molecule has 2 aromatic rings. The van der Waals surface area contributed by atoms with Gasteiger partial charge in [0, 0.05) is 26.9 Å². The van der Waals surface area contributed by atoms with Gasteiger partial charge in [0.2, 0.25) is 11.5 Å². The fraction of sp³-hybridized carbons (Fsp3) is 0.333. The van der Waals surface area contributed by atoms with E-state index in [0.717, 1.165) is 12.0 Å². The minimum atomic E-state index is -1.08.